The molecule has 2 aromatic carbocycles. The van der Waals surface area contributed by atoms with Crippen molar-refractivity contribution in [2.24, 2.45) is 5.10 Å². The highest BCUT2D eigenvalue weighted by Crippen LogP contribution is 2.25. The fourth-order valence-corrected chi connectivity index (χ4v) is 2.01. The Hall–Kier alpha value is -2.11. The summed E-state index contributed by atoms with van der Waals surface area (Å²) in [5.41, 5.74) is 4.40. The second kappa shape index (κ2) is 6.56. The normalized spacial score (nSPS) is 11.3. The average molecular weight is 324 g/mol. The van der Waals surface area contributed by atoms with Gasteiger partial charge in [-0.15, -0.1) is 0 Å². The van der Waals surface area contributed by atoms with Crippen molar-refractivity contribution in [1.82, 2.24) is 0 Å². The van der Waals surface area contributed by atoms with Crippen LogP contribution in [-0.2, 0) is 0 Å². The number of para-hydroxylation sites is 1. The maximum absolute atomic E-state index is 11.0. The van der Waals surface area contributed by atoms with Crippen molar-refractivity contribution < 1.29 is 4.92 Å². The third kappa shape index (κ3) is 3.71. The Morgan fingerprint density at radius 3 is 2.57 bits per heavy atom. The van der Waals surface area contributed by atoms with Gasteiger partial charge in [-0.05, 0) is 31.2 Å². The lowest BCUT2D eigenvalue weighted by Crippen LogP contribution is -2.03. The summed E-state index contributed by atoms with van der Waals surface area (Å²) in [6.45, 7) is 1.69. The molecule has 0 aliphatic heterocycles. The summed E-state index contributed by atoms with van der Waals surface area (Å²) in [6.07, 6.45) is 0. The quantitative estimate of drug-likeness (QED) is 0.502. The van der Waals surface area contributed by atoms with Crippen molar-refractivity contribution in [3.05, 3.63) is 68.2 Å². The summed E-state index contributed by atoms with van der Waals surface area (Å²) in [7, 11) is 0. The van der Waals surface area contributed by atoms with E-state index in [0.717, 1.165) is 0 Å². The van der Waals surface area contributed by atoms with Crippen molar-refractivity contribution in [2.75, 3.05) is 5.43 Å². The molecule has 0 unspecified atom stereocenters. The molecule has 0 heterocycles. The summed E-state index contributed by atoms with van der Waals surface area (Å²) < 4.78 is 0. The van der Waals surface area contributed by atoms with Crippen molar-refractivity contribution in [3.63, 3.8) is 0 Å². The molecule has 0 aromatic heterocycles. The smallest absolute Gasteiger partial charge is 0.278 e. The van der Waals surface area contributed by atoms with Gasteiger partial charge in [0.2, 0.25) is 0 Å². The van der Waals surface area contributed by atoms with Crippen LogP contribution in [0, 0.1) is 10.1 Å². The molecular weight excluding hydrogens is 313 g/mol. The van der Waals surface area contributed by atoms with Crippen LogP contribution in [0.1, 0.15) is 12.5 Å². The van der Waals surface area contributed by atoms with Gasteiger partial charge in [0.05, 0.1) is 31.9 Å². The number of hydrogen-bond donors (Lipinski definition) is 1. The molecule has 2 rings (SSSR count). The molecule has 1 N–H and O–H groups in total. The Morgan fingerprint density at radius 2 is 1.90 bits per heavy atom. The lowest BCUT2D eigenvalue weighted by atomic mass is 10.1. The first kappa shape index (κ1) is 15.3. The topological polar surface area (TPSA) is 67.5 Å². The van der Waals surface area contributed by atoms with Crippen molar-refractivity contribution in [3.8, 4) is 0 Å². The predicted molar refractivity (Wildman–Crippen MR) is 85.4 cm³/mol. The standard InChI is InChI=1S/C14H11Cl2N3O2/c1-9(11-4-2-3-5-14(11)19(20)21)17-18-10-6-7-12(15)13(16)8-10/h2-8,18H,1H3/b17-9-. The third-order valence-corrected chi connectivity index (χ3v) is 3.50. The molecule has 0 fully saturated rings. The van der Waals surface area contributed by atoms with Crippen LogP contribution in [0.3, 0.4) is 0 Å². The molecule has 0 spiro atoms. The van der Waals surface area contributed by atoms with Crippen LogP contribution >= 0.6 is 23.2 Å². The second-order valence-electron chi connectivity index (χ2n) is 4.21. The van der Waals surface area contributed by atoms with E-state index in [1.54, 1.807) is 43.3 Å². The van der Waals surface area contributed by atoms with Crippen LogP contribution < -0.4 is 5.43 Å². The van der Waals surface area contributed by atoms with Crippen molar-refractivity contribution in [2.45, 2.75) is 6.92 Å². The van der Waals surface area contributed by atoms with Crippen molar-refractivity contribution >= 4 is 40.3 Å². The summed E-state index contributed by atoms with van der Waals surface area (Å²) in [4.78, 5) is 10.5. The van der Waals surface area contributed by atoms with E-state index in [-0.39, 0.29) is 5.69 Å². The number of halogens is 2. The fourth-order valence-electron chi connectivity index (χ4n) is 1.71. The summed E-state index contributed by atoms with van der Waals surface area (Å²) in [6, 6.07) is 11.4. The number of anilines is 1. The summed E-state index contributed by atoms with van der Waals surface area (Å²) >= 11 is 11.7. The number of nitrogens with zero attached hydrogens (tertiary/aromatic N) is 2. The lowest BCUT2D eigenvalue weighted by Gasteiger charge is -2.05. The molecule has 0 saturated carbocycles. The molecule has 0 aliphatic rings. The van der Waals surface area contributed by atoms with Gasteiger partial charge in [0.25, 0.3) is 5.69 Å². The maximum atomic E-state index is 11.0. The minimum Gasteiger partial charge on any atom is -0.278 e. The SMILES string of the molecule is C/C(=N/Nc1ccc(Cl)c(Cl)c1)c1ccccc1[N+](=O)[O-]. The highest BCUT2D eigenvalue weighted by molar-refractivity contribution is 6.42. The highest BCUT2D eigenvalue weighted by atomic mass is 35.5. The van der Waals surface area contributed by atoms with Crippen LogP contribution in [0.2, 0.25) is 10.0 Å². The van der Waals surface area contributed by atoms with E-state index in [0.29, 0.717) is 27.0 Å². The lowest BCUT2D eigenvalue weighted by molar-refractivity contribution is -0.385. The molecule has 0 saturated heterocycles. The van der Waals surface area contributed by atoms with Gasteiger partial charge in [-0.25, -0.2) is 0 Å². The first-order valence-corrected chi connectivity index (χ1v) is 6.74. The molecular formula is C14H11Cl2N3O2. The Balaban J connectivity index is 2.25. The van der Waals surface area contributed by atoms with E-state index in [1.807, 2.05) is 0 Å². The van der Waals surface area contributed by atoms with Crippen molar-refractivity contribution in [1.29, 1.82) is 0 Å². The Labute approximate surface area is 131 Å². The summed E-state index contributed by atoms with van der Waals surface area (Å²) in [5, 5.41) is 16.0. The number of nitro groups is 1. The van der Waals surface area contributed by atoms with Crippen LogP contribution in [-0.4, -0.2) is 10.6 Å². The first-order valence-electron chi connectivity index (χ1n) is 5.98. The Bertz CT molecular complexity index is 717. The van der Waals surface area contributed by atoms with Crippen LogP contribution in [0.25, 0.3) is 0 Å². The van der Waals surface area contributed by atoms with E-state index in [4.69, 9.17) is 23.2 Å². The van der Waals surface area contributed by atoms with Gasteiger partial charge in [0, 0.05) is 6.07 Å². The van der Waals surface area contributed by atoms with Gasteiger partial charge < -0.3 is 0 Å². The molecule has 0 amide bonds. The molecule has 21 heavy (non-hydrogen) atoms. The minimum atomic E-state index is -0.437. The number of hydrogen-bond acceptors (Lipinski definition) is 4. The number of hydrazone groups is 1. The molecule has 0 atom stereocenters. The Kier molecular flexibility index (Phi) is 4.77. The molecule has 0 radical (unpaired) electrons. The molecule has 7 heteroatoms. The molecule has 0 aliphatic carbocycles. The average Bonchev–Trinajstić information content (AvgIpc) is 2.48. The Morgan fingerprint density at radius 1 is 1.19 bits per heavy atom. The molecule has 2 aromatic rings. The zero-order chi connectivity index (χ0) is 15.4. The molecule has 0 bridgehead atoms. The van der Waals surface area contributed by atoms with E-state index in [1.165, 1.54) is 6.07 Å². The van der Waals surface area contributed by atoms with Gasteiger partial charge in [0.1, 0.15) is 0 Å². The first-order chi connectivity index (χ1) is 9.99. The summed E-state index contributed by atoms with van der Waals surface area (Å²) in [5.74, 6) is 0. The van der Waals surface area contributed by atoms with E-state index in [2.05, 4.69) is 10.5 Å². The van der Waals surface area contributed by atoms with E-state index < -0.39 is 4.92 Å². The number of rotatable bonds is 4. The second-order valence-corrected chi connectivity index (χ2v) is 5.03. The number of benzene rings is 2. The van der Waals surface area contributed by atoms with Crippen LogP contribution in [0.4, 0.5) is 11.4 Å². The third-order valence-electron chi connectivity index (χ3n) is 2.76. The van der Waals surface area contributed by atoms with Gasteiger partial charge in [-0.3, -0.25) is 15.5 Å². The molecule has 108 valence electrons. The highest BCUT2D eigenvalue weighted by Gasteiger charge is 2.14. The zero-order valence-electron chi connectivity index (χ0n) is 11.0. The number of nitro benzene ring substituents is 1. The van der Waals surface area contributed by atoms with Crippen LogP contribution in [0.15, 0.2) is 47.6 Å². The zero-order valence-corrected chi connectivity index (χ0v) is 12.5. The van der Waals surface area contributed by atoms with E-state index >= 15 is 0 Å². The minimum absolute atomic E-state index is 0.00897. The maximum Gasteiger partial charge on any atom is 0.278 e. The van der Waals surface area contributed by atoms with Crippen LogP contribution in [0.5, 0.6) is 0 Å². The van der Waals surface area contributed by atoms with E-state index in [9.17, 15) is 10.1 Å². The molecule has 5 nitrogen and oxygen atoms in total. The predicted octanol–water partition coefficient (Wildman–Crippen LogP) is 4.74. The number of nitrogens with one attached hydrogen (secondary N) is 1. The van der Waals surface area contributed by atoms with Gasteiger partial charge in [0.15, 0.2) is 0 Å². The fraction of sp³-hybridized carbons (Fsp3) is 0.0714. The van der Waals surface area contributed by atoms with Gasteiger partial charge in [-0.1, -0.05) is 35.3 Å². The monoisotopic (exact) mass is 323 g/mol. The van der Waals surface area contributed by atoms with Gasteiger partial charge >= 0.3 is 0 Å². The van der Waals surface area contributed by atoms with Gasteiger partial charge in [-0.2, -0.15) is 5.10 Å². The largest absolute Gasteiger partial charge is 0.278 e.